The van der Waals surface area contributed by atoms with Gasteiger partial charge < -0.3 is 14.6 Å². The second kappa shape index (κ2) is 11.4. The highest BCUT2D eigenvalue weighted by Gasteiger charge is 2.32. The van der Waals surface area contributed by atoms with E-state index >= 15 is 0 Å². The minimum Gasteiger partial charge on any atom is -0.508 e. The fourth-order valence-electron chi connectivity index (χ4n) is 4.96. The Morgan fingerprint density at radius 1 is 1.03 bits per heavy atom. The van der Waals surface area contributed by atoms with Crippen molar-refractivity contribution in [3.05, 3.63) is 102 Å². The van der Waals surface area contributed by atoms with Crippen LogP contribution in [0.25, 0.3) is 0 Å². The van der Waals surface area contributed by atoms with Gasteiger partial charge in [0.15, 0.2) is 0 Å². The third-order valence-corrected chi connectivity index (χ3v) is 6.66. The topological polar surface area (TPSA) is 47.9 Å². The molecule has 0 bridgehead atoms. The van der Waals surface area contributed by atoms with E-state index in [1.165, 1.54) is 17.7 Å². The molecule has 0 saturated heterocycles. The summed E-state index contributed by atoms with van der Waals surface area (Å²) in [5.74, 6) is 1.19. The number of rotatable bonds is 10. The first-order chi connectivity index (χ1) is 16.6. The Kier molecular flexibility index (Phi) is 8.09. The minimum absolute atomic E-state index is 0.0926. The molecule has 0 saturated carbocycles. The Hall–Kier alpha value is -3.02. The van der Waals surface area contributed by atoms with Crippen LogP contribution in [0.1, 0.15) is 59.8 Å². The number of hydrogen-bond donors (Lipinski definition) is 1. The molecule has 0 heterocycles. The van der Waals surface area contributed by atoms with E-state index < -0.39 is 0 Å². The van der Waals surface area contributed by atoms with Crippen molar-refractivity contribution in [1.82, 2.24) is 0 Å². The van der Waals surface area contributed by atoms with Gasteiger partial charge in [0.2, 0.25) is 13.4 Å². The van der Waals surface area contributed by atoms with Gasteiger partial charge in [-0.2, -0.15) is 4.74 Å². The molecule has 1 aliphatic rings. The molecule has 4 nitrogen and oxygen atoms in total. The second-order valence-corrected chi connectivity index (χ2v) is 8.81. The van der Waals surface area contributed by atoms with Gasteiger partial charge in [-0.15, -0.1) is 0 Å². The second-order valence-electron chi connectivity index (χ2n) is 8.81. The molecule has 1 N–H and O–H groups in total. The van der Waals surface area contributed by atoms with Crippen LogP contribution >= 0.6 is 0 Å². The molecular weight excluding hydrogens is 431 g/mol. The Bertz CT molecular complexity index is 1060. The molecule has 0 radical (unpaired) electrons. The van der Waals surface area contributed by atoms with Gasteiger partial charge in [-0.25, -0.2) is 4.39 Å². The number of benzene rings is 3. The zero-order valence-corrected chi connectivity index (χ0v) is 19.6. The van der Waals surface area contributed by atoms with Crippen molar-refractivity contribution >= 4 is 0 Å². The summed E-state index contributed by atoms with van der Waals surface area (Å²) in [4.78, 5) is 0. The fraction of sp³-hybridized carbons (Fsp3) is 0.345. The SMILES string of the molecule is [CH2+]OC(CCCCOc1cccc([C@H]2c3ccc(O)cc3CC[C@H]2c2ccc(F)cc2)c1)OC. The zero-order chi connectivity index (χ0) is 23.9. The maximum atomic E-state index is 13.6. The number of hydrogen-bond acceptors (Lipinski definition) is 4. The van der Waals surface area contributed by atoms with Crippen molar-refractivity contribution in [1.29, 1.82) is 0 Å². The lowest BCUT2D eigenvalue weighted by atomic mass is 9.69. The van der Waals surface area contributed by atoms with Crippen LogP contribution in [-0.2, 0) is 15.9 Å². The molecule has 0 spiro atoms. The summed E-state index contributed by atoms with van der Waals surface area (Å²) < 4.78 is 29.8. The van der Waals surface area contributed by atoms with Crippen LogP contribution in [0.2, 0.25) is 0 Å². The molecule has 3 aromatic rings. The van der Waals surface area contributed by atoms with Crippen LogP contribution in [0.5, 0.6) is 11.5 Å². The number of unbranched alkanes of at least 4 members (excludes halogenated alkanes) is 1. The predicted molar refractivity (Wildman–Crippen MR) is 130 cm³/mol. The highest BCUT2D eigenvalue weighted by molar-refractivity contribution is 5.48. The number of methoxy groups -OCH3 is 1. The molecule has 178 valence electrons. The van der Waals surface area contributed by atoms with E-state index in [0.29, 0.717) is 6.61 Å². The molecule has 0 fully saturated rings. The van der Waals surface area contributed by atoms with Crippen LogP contribution in [-0.4, -0.2) is 25.1 Å². The van der Waals surface area contributed by atoms with E-state index in [4.69, 9.17) is 14.2 Å². The van der Waals surface area contributed by atoms with Crippen molar-refractivity contribution in [3.63, 3.8) is 0 Å². The summed E-state index contributed by atoms with van der Waals surface area (Å²) in [5, 5.41) is 10.0. The summed E-state index contributed by atoms with van der Waals surface area (Å²) in [5.41, 5.74) is 4.64. The molecule has 0 amide bonds. The summed E-state index contributed by atoms with van der Waals surface area (Å²) in [6.07, 6.45) is 4.09. The molecule has 1 aliphatic carbocycles. The van der Waals surface area contributed by atoms with Gasteiger partial charge in [0.05, 0.1) is 6.61 Å². The number of fused-ring (bicyclic) bond motifs is 1. The van der Waals surface area contributed by atoms with E-state index in [0.717, 1.165) is 54.5 Å². The zero-order valence-electron chi connectivity index (χ0n) is 19.6. The first-order valence-corrected chi connectivity index (χ1v) is 11.8. The minimum atomic E-state index is -0.280. The highest BCUT2D eigenvalue weighted by atomic mass is 19.1. The first kappa shape index (κ1) is 24.1. The van der Waals surface area contributed by atoms with Gasteiger partial charge in [0.25, 0.3) is 0 Å². The number of phenols is 1. The standard InChI is InChI=1S/C29H31FO4/c1-32-28(33-2)8-3-4-17-34-25-7-5-6-22(19-25)29-26(20-9-12-23(30)13-10-20)15-11-21-18-24(31)14-16-27(21)29/h5-7,9-10,12-14,16,18-19,26,28-29H,1,3-4,8,11,15,17H2,2H3/p+1/t26-,28?,29+/m0/s1. The average molecular weight is 464 g/mol. The smallest absolute Gasteiger partial charge is 0.217 e. The van der Waals surface area contributed by atoms with Gasteiger partial charge in [-0.05, 0) is 90.3 Å². The molecule has 4 rings (SSSR count). The maximum Gasteiger partial charge on any atom is 0.217 e. The van der Waals surface area contributed by atoms with Crippen LogP contribution in [0.15, 0.2) is 66.7 Å². The largest absolute Gasteiger partial charge is 0.508 e. The third kappa shape index (κ3) is 5.72. The Balaban J connectivity index is 1.54. The van der Waals surface area contributed by atoms with Gasteiger partial charge in [-0.1, -0.05) is 30.3 Å². The molecular formula is C29H32FO4+. The Morgan fingerprint density at radius 2 is 1.85 bits per heavy atom. The van der Waals surface area contributed by atoms with Gasteiger partial charge in [-0.3, -0.25) is 0 Å². The van der Waals surface area contributed by atoms with Crippen molar-refractivity contribution in [2.24, 2.45) is 0 Å². The number of ether oxygens (including phenoxy) is 3. The molecule has 34 heavy (non-hydrogen) atoms. The average Bonchev–Trinajstić information content (AvgIpc) is 2.86. The van der Waals surface area contributed by atoms with E-state index in [9.17, 15) is 9.50 Å². The fourth-order valence-corrected chi connectivity index (χ4v) is 4.96. The third-order valence-electron chi connectivity index (χ3n) is 6.66. The van der Waals surface area contributed by atoms with Gasteiger partial charge >= 0.3 is 0 Å². The lowest BCUT2D eigenvalue weighted by Crippen LogP contribution is -2.20. The lowest BCUT2D eigenvalue weighted by molar-refractivity contribution is -0.0910. The molecule has 3 atom stereocenters. The molecule has 0 aliphatic heterocycles. The highest BCUT2D eigenvalue weighted by Crippen LogP contribution is 2.47. The van der Waals surface area contributed by atoms with Crippen molar-refractivity contribution in [2.45, 2.75) is 50.2 Å². The molecule has 3 aromatic carbocycles. The van der Waals surface area contributed by atoms with E-state index in [2.05, 4.69) is 19.2 Å². The number of phenolic OH excluding ortho intramolecular Hbond substituents is 1. The predicted octanol–water partition coefficient (Wildman–Crippen LogP) is 6.72. The van der Waals surface area contributed by atoms with Gasteiger partial charge in [0.1, 0.15) is 17.3 Å². The lowest BCUT2D eigenvalue weighted by Gasteiger charge is -2.35. The first-order valence-electron chi connectivity index (χ1n) is 11.8. The molecule has 5 heteroatoms. The number of aryl methyl sites for hydroxylation is 1. The quantitative estimate of drug-likeness (QED) is 0.206. The molecule has 1 unspecified atom stereocenters. The van der Waals surface area contributed by atoms with Crippen molar-refractivity contribution in [2.75, 3.05) is 13.7 Å². The van der Waals surface area contributed by atoms with E-state index in [1.807, 2.05) is 36.4 Å². The van der Waals surface area contributed by atoms with E-state index in [-0.39, 0.29) is 29.7 Å². The summed E-state index contributed by atoms with van der Waals surface area (Å²) in [6.45, 7) is 0.605. The summed E-state index contributed by atoms with van der Waals surface area (Å²) in [6, 6.07) is 20.7. The van der Waals surface area contributed by atoms with Crippen LogP contribution < -0.4 is 4.74 Å². The van der Waals surface area contributed by atoms with E-state index in [1.54, 1.807) is 13.2 Å². The maximum absolute atomic E-state index is 13.6. The Morgan fingerprint density at radius 3 is 2.62 bits per heavy atom. The number of halogens is 1. The van der Waals surface area contributed by atoms with Crippen LogP contribution in [0, 0.1) is 12.9 Å². The van der Waals surface area contributed by atoms with Crippen LogP contribution in [0.3, 0.4) is 0 Å². The van der Waals surface area contributed by atoms with Gasteiger partial charge in [0, 0.05) is 19.4 Å². The molecule has 0 aromatic heterocycles. The summed E-state index contributed by atoms with van der Waals surface area (Å²) >= 11 is 0. The summed E-state index contributed by atoms with van der Waals surface area (Å²) in [7, 11) is 5.03. The van der Waals surface area contributed by atoms with Crippen LogP contribution in [0.4, 0.5) is 4.39 Å². The van der Waals surface area contributed by atoms with Crippen molar-refractivity contribution < 1.29 is 23.7 Å². The van der Waals surface area contributed by atoms with Crippen molar-refractivity contribution in [3.8, 4) is 11.5 Å². The number of aromatic hydroxyl groups is 1. The Labute approximate surface area is 201 Å². The monoisotopic (exact) mass is 463 g/mol. The normalized spacial score (nSPS) is 18.3.